The Labute approximate surface area is 170 Å². The first-order chi connectivity index (χ1) is 13.7. The van der Waals surface area contributed by atoms with Crippen LogP contribution in [0.4, 0.5) is 0 Å². The Morgan fingerprint density at radius 2 is 1.93 bits per heavy atom. The van der Waals surface area contributed by atoms with Crippen LogP contribution in [0.25, 0.3) is 0 Å². The van der Waals surface area contributed by atoms with Gasteiger partial charge < -0.3 is 15.0 Å². The molecule has 2 aromatic carbocycles. The predicted octanol–water partition coefficient (Wildman–Crippen LogP) is 3.97. The second-order valence-electron chi connectivity index (χ2n) is 6.60. The number of aromatic nitrogens is 1. The van der Waals surface area contributed by atoms with E-state index in [4.69, 9.17) is 4.74 Å². The third-order valence-electron chi connectivity index (χ3n) is 4.29. The highest BCUT2D eigenvalue weighted by Gasteiger charge is 2.12. The number of nitrogens with zero attached hydrogens (tertiary/aromatic N) is 2. The van der Waals surface area contributed by atoms with E-state index in [9.17, 15) is 4.79 Å². The van der Waals surface area contributed by atoms with Gasteiger partial charge in [0.05, 0.1) is 16.8 Å². The molecule has 0 aliphatic carbocycles. The van der Waals surface area contributed by atoms with E-state index >= 15 is 0 Å². The van der Waals surface area contributed by atoms with Crippen molar-refractivity contribution in [3.8, 4) is 5.75 Å². The van der Waals surface area contributed by atoms with Crippen LogP contribution in [0.3, 0.4) is 0 Å². The molecular formula is C22H25N3O2S. The normalized spacial score (nSPS) is 10.8. The third kappa shape index (κ3) is 6.18. The topological polar surface area (TPSA) is 54.5 Å². The lowest BCUT2D eigenvalue weighted by Crippen LogP contribution is -2.28. The lowest BCUT2D eigenvalue weighted by atomic mass is 10.2. The largest absolute Gasteiger partial charge is 0.486 e. The smallest absolute Gasteiger partial charge is 0.255 e. The van der Waals surface area contributed by atoms with Crippen molar-refractivity contribution in [1.29, 1.82) is 0 Å². The average molecular weight is 396 g/mol. The molecule has 0 saturated carbocycles. The Morgan fingerprint density at radius 3 is 2.71 bits per heavy atom. The van der Waals surface area contributed by atoms with Crippen LogP contribution in [-0.4, -0.2) is 35.9 Å². The molecule has 0 unspecified atom stereocenters. The van der Waals surface area contributed by atoms with Crippen molar-refractivity contribution in [2.24, 2.45) is 0 Å². The number of benzene rings is 2. The van der Waals surface area contributed by atoms with E-state index in [1.54, 1.807) is 11.6 Å². The fraction of sp³-hybridized carbons (Fsp3) is 0.273. The van der Waals surface area contributed by atoms with Gasteiger partial charge in [0, 0.05) is 18.5 Å². The van der Waals surface area contributed by atoms with E-state index in [2.05, 4.69) is 46.5 Å². The molecule has 0 saturated heterocycles. The van der Waals surface area contributed by atoms with Crippen molar-refractivity contribution in [3.63, 3.8) is 0 Å². The highest BCUT2D eigenvalue weighted by molar-refractivity contribution is 7.07. The molecule has 3 aromatic rings. The first-order valence-electron chi connectivity index (χ1n) is 9.32. The Kier molecular flexibility index (Phi) is 7.58. The Bertz CT molecular complexity index is 853. The van der Waals surface area contributed by atoms with Gasteiger partial charge in [0.15, 0.2) is 0 Å². The summed E-state index contributed by atoms with van der Waals surface area (Å²) in [5.74, 6) is 0.466. The van der Waals surface area contributed by atoms with Gasteiger partial charge in [-0.25, -0.2) is 4.98 Å². The van der Waals surface area contributed by atoms with Gasteiger partial charge in [-0.05, 0) is 37.7 Å². The van der Waals surface area contributed by atoms with E-state index < -0.39 is 0 Å². The molecule has 0 radical (unpaired) electrons. The van der Waals surface area contributed by atoms with Crippen molar-refractivity contribution in [3.05, 3.63) is 82.3 Å². The lowest BCUT2D eigenvalue weighted by molar-refractivity contribution is 0.0947. The van der Waals surface area contributed by atoms with Crippen LogP contribution in [0, 0.1) is 0 Å². The summed E-state index contributed by atoms with van der Waals surface area (Å²) in [6, 6.07) is 17.7. The number of hydrogen-bond donors (Lipinski definition) is 1. The number of para-hydroxylation sites is 1. The highest BCUT2D eigenvalue weighted by atomic mass is 32.1. The Morgan fingerprint density at radius 1 is 1.14 bits per heavy atom. The summed E-state index contributed by atoms with van der Waals surface area (Å²) in [5, 5.41) is 4.93. The van der Waals surface area contributed by atoms with Gasteiger partial charge >= 0.3 is 0 Å². The minimum Gasteiger partial charge on any atom is -0.486 e. The zero-order chi connectivity index (χ0) is 19.6. The number of thiazole rings is 1. The summed E-state index contributed by atoms with van der Waals surface area (Å²) in [7, 11) is 2.09. The van der Waals surface area contributed by atoms with Crippen molar-refractivity contribution < 1.29 is 9.53 Å². The second-order valence-corrected chi connectivity index (χ2v) is 7.32. The fourth-order valence-electron chi connectivity index (χ4n) is 2.86. The minimum absolute atomic E-state index is 0.111. The van der Waals surface area contributed by atoms with Gasteiger partial charge in [-0.2, -0.15) is 0 Å². The van der Waals surface area contributed by atoms with E-state index in [1.807, 2.05) is 29.6 Å². The van der Waals surface area contributed by atoms with Crippen LogP contribution in [0.2, 0.25) is 0 Å². The third-order valence-corrected chi connectivity index (χ3v) is 4.92. The molecule has 1 amide bonds. The molecule has 0 atom stereocenters. The van der Waals surface area contributed by atoms with Gasteiger partial charge in [-0.15, -0.1) is 11.3 Å². The number of carbonyl (C=O) groups is 1. The van der Waals surface area contributed by atoms with Crippen LogP contribution >= 0.6 is 11.3 Å². The number of ether oxygens (including phenoxy) is 1. The first-order valence-corrected chi connectivity index (χ1v) is 10.3. The van der Waals surface area contributed by atoms with Gasteiger partial charge in [0.2, 0.25) is 0 Å². The van der Waals surface area contributed by atoms with Crippen molar-refractivity contribution >= 4 is 17.2 Å². The molecule has 3 rings (SSSR count). The molecule has 28 heavy (non-hydrogen) atoms. The minimum atomic E-state index is -0.111. The van der Waals surface area contributed by atoms with Gasteiger partial charge in [0.1, 0.15) is 12.4 Å². The van der Waals surface area contributed by atoms with Crippen LogP contribution < -0.4 is 10.1 Å². The maximum absolute atomic E-state index is 12.5. The summed E-state index contributed by atoms with van der Waals surface area (Å²) < 4.78 is 5.79. The quantitative estimate of drug-likeness (QED) is 0.528. The molecule has 0 fully saturated rings. The van der Waals surface area contributed by atoms with Crippen molar-refractivity contribution in [1.82, 2.24) is 15.2 Å². The summed E-state index contributed by atoms with van der Waals surface area (Å²) in [6.07, 6.45) is 0.886. The molecular weight excluding hydrogens is 370 g/mol. The summed E-state index contributed by atoms with van der Waals surface area (Å²) >= 11 is 1.53. The van der Waals surface area contributed by atoms with Crippen molar-refractivity contribution in [2.75, 3.05) is 20.1 Å². The molecule has 0 bridgehead atoms. The van der Waals surface area contributed by atoms with Gasteiger partial charge in [-0.3, -0.25) is 4.79 Å². The van der Waals surface area contributed by atoms with E-state index in [0.29, 0.717) is 24.5 Å². The molecule has 5 nitrogen and oxygen atoms in total. The maximum atomic E-state index is 12.5. The highest BCUT2D eigenvalue weighted by Crippen LogP contribution is 2.19. The number of nitrogens with one attached hydrogen (secondary N) is 1. The zero-order valence-electron chi connectivity index (χ0n) is 16.0. The molecule has 6 heteroatoms. The van der Waals surface area contributed by atoms with E-state index in [1.165, 1.54) is 16.9 Å². The van der Waals surface area contributed by atoms with Crippen LogP contribution in [0.15, 0.2) is 65.5 Å². The maximum Gasteiger partial charge on any atom is 0.255 e. The fourth-order valence-corrected chi connectivity index (χ4v) is 3.40. The summed E-state index contributed by atoms with van der Waals surface area (Å²) in [6.45, 7) is 2.80. The number of hydrogen-bond acceptors (Lipinski definition) is 5. The standard InChI is InChI=1S/C22H25N3O2S/c1-25(14-18-8-3-2-4-9-18)13-7-12-23-22(26)20-10-5-6-11-21(20)27-15-19-16-28-17-24-19/h2-6,8-11,16-17H,7,12-15H2,1H3,(H,23,26). The molecule has 0 aliphatic rings. The number of rotatable bonds is 10. The summed E-state index contributed by atoms with van der Waals surface area (Å²) in [4.78, 5) is 19.0. The predicted molar refractivity (Wildman–Crippen MR) is 113 cm³/mol. The second kappa shape index (κ2) is 10.6. The molecule has 1 aromatic heterocycles. The molecule has 146 valence electrons. The van der Waals surface area contributed by atoms with Gasteiger partial charge in [0.25, 0.3) is 5.91 Å². The molecule has 0 spiro atoms. The molecule has 1 heterocycles. The van der Waals surface area contributed by atoms with Crippen LogP contribution in [0.5, 0.6) is 5.75 Å². The van der Waals surface area contributed by atoms with Gasteiger partial charge in [-0.1, -0.05) is 42.5 Å². The molecule has 0 aliphatic heterocycles. The first kappa shape index (κ1) is 20.0. The zero-order valence-corrected chi connectivity index (χ0v) is 16.8. The van der Waals surface area contributed by atoms with Crippen LogP contribution in [-0.2, 0) is 13.2 Å². The monoisotopic (exact) mass is 395 g/mol. The average Bonchev–Trinajstić information content (AvgIpc) is 3.24. The SMILES string of the molecule is CN(CCCNC(=O)c1ccccc1OCc1cscn1)Cc1ccccc1. The van der Waals surface area contributed by atoms with Crippen molar-refractivity contribution in [2.45, 2.75) is 19.6 Å². The van der Waals surface area contributed by atoms with Crippen LogP contribution in [0.1, 0.15) is 28.0 Å². The number of carbonyl (C=O) groups excluding carboxylic acids is 1. The lowest BCUT2D eigenvalue weighted by Gasteiger charge is -2.17. The molecule has 1 N–H and O–H groups in total. The Hall–Kier alpha value is -2.70. The summed E-state index contributed by atoms with van der Waals surface area (Å²) in [5.41, 5.74) is 4.48. The Balaban J connectivity index is 1.43. The number of amides is 1. The van der Waals surface area contributed by atoms with E-state index in [-0.39, 0.29) is 5.91 Å². The van der Waals surface area contributed by atoms with E-state index in [0.717, 1.165) is 25.2 Å².